The van der Waals surface area contributed by atoms with Gasteiger partial charge in [-0.2, -0.15) is 0 Å². The summed E-state index contributed by atoms with van der Waals surface area (Å²) in [6.45, 7) is 2.83. The molecule has 0 radical (unpaired) electrons. The van der Waals surface area contributed by atoms with Crippen molar-refractivity contribution in [2.45, 2.75) is 38.3 Å². The SMILES string of the molecule is CC(N)C1CCCCN1c1ccc([N+](=O)[O-])c(N)n1. The average molecular weight is 265 g/mol. The molecule has 2 unspecified atom stereocenters. The van der Waals surface area contributed by atoms with Crippen molar-refractivity contribution in [3.05, 3.63) is 22.2 Å². The lowest BCUT2D eigenvalue weighted by molar-refractivity contribution is -0.384. The van der Waals surface area contributed by atoms with Crippen molar-refractivity contribution in [1.29, 1.82) is 0 Å². The Morgan fingerprint density at radius 3 is 2.84 bits per heavy atom. The molecule has 104 valence electrons. The fraction of sp³-hybridized carbons (Fsp3) is 0.583. The number of hydrogen-bond acceptors (Lipinski definition) is 6. The Hall–Kier alpha value is -1.89. The van der Waals surface area contributed by atoms with E-state index in [2.05, 4.69) is 9.88 Å². The Morgan fingerprint density at radius 1 is 1.53 bits per heavy atom. The van der Waals surface area contributed by atoms with Crippen LogP contribution in [0.4, 0.5) is 17.3 Å². The number of nitro groups is 1. The minimum Gasteiger partial charge on any atom is -0.378 e. The van der Waals surface area contributed by atoms with Crippen molar-refractivity contribution in [3.63, 3.8) is 0 Å². The Morgan fingerprint density at radius 2 is 2.26 bits per heavy atom. The first-order chi connectivity index (χ1) is 9.00. The van der Waals surface area contributed by atoms with Crippen LogP contribution in [0.2, 0.25) is 0 Å². The molecule has 0 saturated carbocycles. The van der Waals surface area contributed by atoms with Crippen LogP contribution in [0.3, 0.4) is 0 Å². The molecule has 1 aliphatic rings. The van der Waals surface area contributed by atoms with Gasteiger partial charge in [-0.05, 0) is 32.3 Å². The summed E-state index contributed by atoms with van der Waals surface area (Å²) in [5.41, 5.74) is 11.5. The highest BCUT2D eigenvalue weighted by molar-refractivity contribution is 5.58. The molecule has 19 heavy (non-hydrogen) atoms. The summed E-state index contributed by atoms with van der Waals surface area (Å²) >= 11 is 0. The maximum absolute atomic E-state index is 10.7. The maximum atomic E-state index is 10.7. The zero-order chi connectivity index (χ0) is 14.0. The highest BCUT2D eigenvalue weighted by Crippen LogP contribution is 2.28. The maximum Gasteiger partial charge on any atom is 0.311 e. The van der Waals surface area contributed by atoms with Gasteiger partial charge in [-0.3, -0.25) is 10.1 Å². The Labute approximate surface area is 111 Å². The van der Waals surface area contributed by atoms with Crippen molar-refractivity contribution in [3.8, 4) is 0 Å². The monoisotopic (exact) mass is 265 g/mol. The van der Waals surface area contributed by atoms with Crippen molar-refractivity contribution < 1.29 is 4.92 Å². The summed E-state index contributed by atoms with van der Waals surface area (Å²) in [4.78, 5) is 16.5. The lowest BCUT2D eigenvalue weighted by Crippen LogP contribution is -2.49. The fourth-order valence-electron chi connectivity index (χ4n) is 2.56. The van der Waals surface area contributed by atoms with Crippen molar-refractivity contribution in [1.82, 2.24) is 4.98 Å². The van der Waals surface area contributed by atoms with E-state index in [0.29, 0.717) is 5.82 Å². The Balaban J connectivity index is 2.29. The van der Waals surface area contributed by atoms with E-state index in [0.717, 1.165) is 25.8 Å². The molecule has 7 heteroatoms. The van der Waals surface area contributed by atoms with Gasteiger partial charge in [0, 0.05) is 24.7 Å². The highest BCUT2D eigenvalue weighted by Gasteiger charge is 2.27. The van der Waals surface area contributed by atoms with Crippen molar-refractivity contribution in [2.24, 2.45) is 5.73 Å². The first-order valence-electron chi connectivity index (χ1n) is 6.44. The van der Waals surface area contributed by atoms with E-state index in [1.54, 1.807) is 6.07 Å². The third-order valence-corrected chi connectivity index (χ3v) is 3.53. The first-order valence-corrected chi connectivity index (χ1v) is 6.44. The van der Waals surface area contributed by atoms with Crippen LogP contribution in [0.1, 0.15) is 26.2 Å². The van der Waals surface area contributed by atoms with E-state index in [1.807, 2.05) is 6.92 Å². The van der Waals surface area contributed by atoms with Crippen LogP contribution >= 0.6 is 0 Å². The van der Waals surface area contributed by atoms with Gasteiger partial charge < -0.3 is 16.4 Å². The summed E-state index contributed by atoms with van der Waals surface area (Å²) in [6.07, 6.45) is 3.23. The molecule has 1 aromatic rings. The molecule has 0 bridgehead atoms. The largest absolute Gasteiger partial charge is 0.378 e. The zero-order valence-electron chi connectivity index (χ0n) is 11.0. The summed E-state index contributed by atoms with van der Waals surface area (Å²) in [5.74, 6) is 0.626. The predicted octanol–water partition coefficient (Wildman–Crippen LogP) is 1.28. The minimum atomic E-state index is -0.522. The summed E-state index contributed by atoms with van der Waals surface area (Å²) in [7, 11) is 0. The molecule has 0 spiro atoms. The van der Waals surface area contributed by atoms with Gasteiger partial charge in [0.1, 0.15) is 5.82 Å². The van der Waals surface area contributed by atoms with E-state index >= 15 is 0 Å². The van der Waals surface area contributed by atoms with Crippen LogP contribution in [0.15, 0.2) is 12.1 Å². The van der Waals surface area contributed by atoms with Crippen LogP contribution in [0.5, 0.6) is 0 Å². The van der Waals surface area contributed by atoms with Gasteiger partial charge in [-0.25, -0.2) is 4.98 Å². The molecule has 4 N–H and O–H groups in total. The quantitative estimate of drug-likeness (QED) is 0.629. The number of anilines is 2. The summed E-state index contributed by atoms with van der Waals surface area (Å²) < 4.78 is 0. The number of hydrogen-bond donors (Lipinski definition) is 2. The second-order valence-electron chi connectivity index (χ2n) is 4.95. The predicted molar refractivity (Wildman–Crippen MR) is 73.9 cm³/mol. The third-order valence-electron chi connectivity index (χ3n) is 3.53. The van der Waals surface area contributed by atoms with Crippen LogP contribution in [0, 0.1) is 10.1 Å². The molecular formula is C12H19N5O2. The van der Waals surface area contributed by atoms with Gasteiger partial charge in [0.2, 0.25) is 5.82 Å². The molecule has 0 amide bonds. The molecule has 2 atom stereocenters. The van der Waals surface area contributed by atoms with E-state index in [1.165, 1.54) is 6.07 Å². The molecule has 1 saturated heterocycles. The number of aromatic nitrogens is 1. The number of pyridine rings is 1. The molecule has 0 aromatic carbocycles. The zero-order valence-corrected chi connectivity index (χ0v) is 11.0. The third kappa shape index (κ3) is 2.76. The number of nitrogens with zero attached hydrogens (tertiary/aromatic N) is 3. The molecule has 1 aliphatic heterocycles. The second kappa shape index (κ2) is 5.40. The van der Waals surface area contributed by atoms with Crippen molar-refractivity contribution >= 4 is 17.3 Å². The van der Waals surface area contributed by atoms with Gasteiger partial charge in [-0.1, -0.05) is 0 Å². The van der Waals surface area contributed by atoms with Gasteiger partial charge in [-0.15, -0.1) is 0 Å². The van der Waals surface area contributed by atoms with Gasteiger partial charge in [0.15, 0.2) is 0 Å². The Bertz CT molecular complexity index is 477. The number of piperidine rings is 1. The standard InChI is InChI=1S/C12H19N5O2/c1-8(13)9-4-2-3-7-16(9)11-6-5-10(17(18)19)12(14)15-11/h5-6,8-9H,2-4,7,13H2,1H3,(H2,14,15). The Kier molecular flexibility index (Phi) is 3.84. The molecule has 2 heterocycles. The lowest BCUT2D eigenvalue weighted by atomic mass is 9.97. The minimum absolute atomic E-state index is 0.0264. The molecular weight excluding hydrogens is 246 g/mol. The van der Waals surface area contributed by atoms with Gasteiger partial charge in [0.05, 0.1) is 4.92 Å². The number of nitrogen functional groups attached to an aromatic ring is 1. The molecule has 2 rings (SSSR count). The van der Waals surface area contributed by atoms with Crippen LogP contribution < -0.4 is 16.4 Å². The van der Waals surface area contributed by atoms with E-state index in [4.69, 9.17) is 11.5 Å². The van der Waals surface area contributed by atoms with E-state index in [9.17, 15) is 10.1 Å². The lowest BCUT2D eigenvalue weighted by Gasteiger charge is -2.38. The summed E-state index contributed by atoms with van der Waals surface area (Å²) in [5, 5.41) is 10.7. The number of rotatable bonds is 3. The second-order valence-corrected chi connectivity index (χ2v) is 4.95. The average Bonchev–Trinajstić information content (AvgIpc) is 2.38. The summed E-state index contributed by atoms with van der Waals surface area (Å²) in [6, 6.07) is 3.29. The number of nitrogens with two attached hydrogens (primary N) is 2. The normalized spacial score (nSPS) is 21.2. The first kappa shape index (κ1) is 13.5. The van der Waals surface area contributed by atoms with E-state index < -0.39 is 4.92 Å². The van der Waals surface area contributed by atoms with E-state index in [-0.39, 0.29) is 23.6 Å². The fourth-order valence-corrected chi connectivity index (χ4v) is 2.56. The topological polar surface area (TPSA) is 111 Å². The molecule has 7 nitrogen and oxygen atoms in total. The molecule has 0 aliphatic carbocycles. The molecule has 1 aromatic heterocycles. The van der Waals surface area contributed by atoms with Crippen molar-refractivity contribution in [2.75, 3.05) is 17.2 Å². The highest BCUT2D eigenvalue weighted by atomic mass is 16.6. The van der Waals surface area contributed by atoms with Crippen LogP contribution in [0.25, 0.3) is 0 Å². The molecule has 1 fully saturated rings. The van der Waals surface area contributed by atoms with Gasteiger partial charge in [0.25, 0.3) is 0 Å². The smallest absolute Gasteiger partial charge is 0.311 e. The van der Waals surface area contributed by atoms with Gasteiger partial charge >= 0.3 is 5.69 Å². The van der Waals surface area contributed by atoms with Crippen LogP contribution in [-0.2, 0) is 0 Å². The van der Waals surface area contributed by atoms with Crippen LogP contribution in [-0.4, -0.2) is 28.5 Å².